The fourth-order valence-electron chi connectivity index (χ4n) is 3.05. The first-order chi connectivity index (χ1) is 14.2. The van der Waals surface area contributed by atoms with Gasteiger partial charge in [-0.2, -0.15) is 0 Å². The molecule has 0 fully saturated rings. The Balaban J connectivity index is 1.88. The van der Waals surface area contributed by atoms with Crippen molar-refractivity contribution in [1.29, 1.82) is 0 Å². The highest BCUT2D eigenvalue weighted by Gasteiger charge is 2.19. The highest BCUT2D eigenvalue weighted by molar-refractivity contribution is 7.22. The van der Waals surface area contributed by atoms with Crippen molar-refractivity contribution in [2.24, 2.45) is 0 Å². The van der Waals surface area contributed by atoms with Crippen molar-refractivity contribution in [2.75, 3.05) is 32.1 Å². The molecule has 1 amide bonds. The van der Waals surface area contributed by atoms with Gasteiger partial charge in [0.2, 0.25) is 0 Å². The largest absolute Gasteiger partial charge is 0.308 e. The average Bonchev–Trinajstić information content (AvgIpc) is 3.10. The van der Waals surface area contributed by atoms with E-state index in [2.05, 4.69) is 13.0 Å². The van der Waals surface area contributed by atoms with E-state index in [-0.39, 0.29) is 11.6 Å². The number of aryl methyl sites for hydroxylation is 2. The number of nitrogens with zero attached hydrogens (tertiary/aromatic N) is 4. The number of hydrogen-bond acceptors (Lipinski definition) is 6. The molecule has 0 saturated carbocycles. The summed E-state index contributed by atoms with van der Waals surface area (Å²) < 4.78 is 1.08. The number of nitro groups is 1. The molecule has 0 aliphatic carbocycles. The van der Waals surface area contributed by atoms with E-state index in [0.29, 0.717) is 18.2 Å². The van der Waals surface area contributed by atoms with Gasteiger partial charge in [-0.1, -0.05) is 17.4 Å². The van der Waals surface area contributed by atoms with Crippen LogP contribution in [0.4, 0.5) is 10.8 Å². The lowest BCUT2D eigenvalue weighted by Crippen LogP contribution is -2.35. The number of nitro benzene ring substituents is 1. The van der Waals surface area contributed by atoms with Crippen LogP contribution in [-0.4, -0.2) is 47.9 Å². The summed E-state index contributed by atoms with van der Waals surface area (Å²) in [5, 5.41) is 11.5. The van der Waals surface area contributed by atoms with Gasteiger partial charge in [0.15, 0.2) is 5.13 Å². The Morgan fingerprint density at radius 1 is 1.17 bits per heavy atom. The third kappa shape index (κ3) is 5.08. The molecule has 0 aliphatic rings. The van der Waals surface area contributed by atoms with E-state index in [0.717, 1.165) is 26.9 Å². The first kappa shape index (κ1) is 21.6. The molecule has 1 heterocycles. The molecule has 0 N–H and O–H groups in total. The number of amides is 1. The van der Waals surface area contributed by atoms with Crippen molar-refractivity contribution in [3.8, 4) is 0 Å². The maximum absolute atomic E-state index is 13.0. The molecular weight excluding hydrogens is 400 g/mol. The van der Waals surface area contributed by atoms with E-state index < -0.39 is 4.92 Å². The Bertz CT molecular complexity index is 1100. The van der Waals surface area contributed by atoms with Gasteiger partial charge in [0, 0.05) is 31.3 Å². The molecule has 0 spiro atoms. The van der Waals surface area contributed by atoms with Gasteiger partial charge in [-0.3, -0.25) is 19.8 Å². The van der Waals surface area contributed by atoms with Gasteiger partial charge in [-0.05, 0) is 68.9 Å². The zero-order valence-corrected chi connectivity index (χ0v) is 18.3. The van der Waals surface area contributed by atoms with Crippen LogP contribution in [0.5, 0.6) is 0 Å². The molecule has 3 aromatic rings. The van der Waals surface area contributed by atoms with Crippen LogP contribution < -0.4 is 4.90 Å². The van der Waals surface area contributed by atoms with Crippen molar-refractivity contribution < 1.29 is 9.72 Å². The van der Waals surface area contributed by atoms with Crippen molar-refractivity contribution >= 4 is 44.4 Å². The van der Waals surface area contributed by atoms with Crippen LogP contribution in [0.3, 0.4) is 0 Å². The number of likely N-dealkylation sites (N-methyl/N-ethyl adjacent to an activating group) is 1. The smallest absolute Gasteiger partial charge is 0.269 e. The summed E-state index contributed by atoms with van der Waals surface area (Å²) in [7, 11) is 3.92. The molecule has 30 heavy (non-hydrogen) atoms. The molecule has 0 saturated heterocycles. The van der Waals surface area contributed by atoms with Gasteiger partial charge >= 0.3 is 0 Å². The summed E-state index contributed by atoms with van der Waals surface area (Å²) in [6.45, 7) is 5.30. The van der Waals surface area contributed by atoms with Crippen LogP contribution in [0.2, 0.25) is 0 Å². The van der Waals surface area contributed by atoms with Crippen LogP contribution in [-0.2, 0) is 4.79 Å². The van der Waals surface area contributed by atoms with Crippen molar-refractivity contribution in [1.82, 2.24) is 9.88 Å². The van der Waals surface area contributed by atoms with E-state index in [1.807, 2.05) is 32.0 Å². The van der Waals surface area contributed by atoms with E-state index >= 15 is 0 Å². The second kappa shape index (κ2) is 9.15. The van der Waals surface area contributed by atoms with E-state index in [4.69, 9.17) is 4.98 Å². The Kier molecular flexibility index (Phi) is 6.59. The molecule has 156 valence electrons. The lowest BCUT2D eigenvalue weighted by Gasteiger charge is -2.20. The summed E-state index contributed by atoms with van der Waals surface area (Å²) in [6.07, 6.45) is 3.15. The lowest BCUT2D eigenvalue weighted by atomic mass is 10.1. The van der Waals surface area contributed by atoms with E-state index in [1.54, 1.807) is 23.1 Å². The molecule has 0 atom stereocenters. The van der Waals surface area contributed by atoms with Gasteiger partial charge in [0.1, 0.15) is 0 Å². The lowest BCUT2D eigenvalue weighted by molar-refractivity contribution is -0.384. The van der Waals surface area contributed by atoms with Gasteiger partial charge < -0.3 is 4.90 Å². The highest BCUT2D eigenvalue weighted by atomic mass is 32.1. The fraction of sp³-hybridized carbons (Fsp3) is 0.273. The minimum Gasteiger partial charge on any atom is -0.308 e. The molecule has 0 unspecified atom stereocenters. The Morgan fingerprint density at radius 2 is 1.87 bits per heavy atom. The van der Waals surface area contributed by atoms with Gasteiger partial charge in [0.05, 0.1) is 15.1 Å². The molecule has 1 aromatic heterocycles. The SMILES string of the molecule is Cc1cc(C)c2sc(N(CCN(C)C)C(=O)C=Cc3ccc([N+](=O)[O-])cc3)nc2c1. The molecule has 3 rings (SSSR count). The third-order valence-corrected chi connectivity index (χ3v) is 5.83. The van der Waals surface area contributed by atoms with Crippen LogP contribution in [0.25, 0.3) is 16.3 Å². The number of carbonyl (C=O) groups is 1. The Labute approximate surface area is 179 Å². The number of benzene rings is 2. The normalized spacial score (nSPS) is 11.5. The van der Waals surface area contributed by atoms with Crippen LogP contribution in [0, 0.1) is 24.0 Å². The summed E-state index contributed by atoms with van der Waals surface area (Å²) in [6, 6.07) is 10.2. The zero-order chi connectivity index (χ0) is 21.8. The molecule has 0 bridgehead atoms. The van der Waals surface area contributed by atoms with Crippen molar-refractivity contribution in [3.63, 3.8) is 0 Å². The number of fused-ring (bicyclic) bond motifs is 1. The van der Waals surface area contributed by atoms with E-state index in [9.17, 15) is 14.9 Å². The summed E-state index contributed by atoms with van der Waals surface area (Å²) >= 11 is 1.51. The number of aromatic nitrogens is 1. The number of rotatable bonds is 7. The molecular formula is C22H24N4O3S. The standard InChI is InChI=1S/C22H24N4O3S/c1-15-13-16(2)21-19(14-15)23-22(30-21)25(12-11-24(3)4)20(27)10-7-17-5-8-18(9-6-17)26(28)29/h5-10,13-14H,11-12H2,1-4H3. The Hall–Kier alpha value is -3.10. The molecule has 2 aromatic carbocycles. The van der Waals surface area contributed by atoms with Crippen LogP contribution >= 0.6 is 11.3 Å². The first-order valence-corrected chi connectivity index (χ1v) is 10.3. The van der Waals surface area contributed by atoms with Crippen molar-refractivity contribution in [2.45, 2.75) is 13.8 Å². The minimum atomic E-state index is -0.446. The quantitative estimate of drug-likeness (QED) is 0.318. The molecule has 0 radical (unpaired) electrons. The molecule has 7 nitrogen and oxygen atoms in total. The van der Waals surface area contributed by atoms with Gasteiger partial charge in [-0.25, -0.2) is 4.98 Å². The number of carbonyl (C=O) groups excluding carboxylic acids is 1. The maximum atomic E-state index is 13.0. The predicted molar refractivity (Wildman–Crippen MR) is 122 cm³/mol. The summed E-state index contributed by atoms with van der Waals surface area (Å²) in [5.41, 5.74) is 3.93. The van der Waals surface area contributed by atoms with Gasteiger partial charge in [-0.15, -0.1) is 0 Å². The van der Waals surface area contributed by atoms with Crippen molar-refractivity contribution in [3.05, 3.63) is 69.3 Å². The van der Waals surface area contributed by atoms with E-state index in [1.165, 1.54) is 29.5 Å². The van der Waals surface area contributed by atoms with Crippen LogP contribution in [0.1, 0.15) is 16.7 Å². The number of anilines is 1. The third-order valence-electron chi connectivity index (χ3n) is 4.60. The Morgan fingerprint density at radius 3 is 2.50 bits per heavy atom. The molecule has 0 aliphatic heterocycles. The first-order valence-electron chi connectivity index (χ1n) is 9.51. The summed E-state index contributed by atoms with van der Waals surface area (Å²) in [5.74, 6) is -0.177. The average molecular weight is 425 g/mol. The number of thiazole rings is 1. The van der Waals surface area contributed by atoms with Crippen LogP contribution in [0.15, 0.2) is 42.5 Å². The maximum Gasteiger partial charge on any atom is 0.269 e. The highest BCUT2D eigenvalue weighted by Crippen LogP contribution is 2.32. The topological polar surface area (TPSA) is 79.6 Å². The number of hydrogen-bond donors (Lipinski definition) is 0. The summed E-state index contributed by atoms with van der Waals surface area (Å²) in [4.78, 5) is 31.8. The number of non-ortho nitro benzene ring substituents is 1. The second-order valence-electron chi connectivity index (χ2n) is 7.40. The fourth-order valence-corrected chi connectivity index (χ4v) is 4.09. The minimum absolute atomic E-state index is 0.0197. The predicted octanol–water partition coefficient (Wildman–Crippen LogP) is 4.43. The monoisotopic (exact) mass is 424 g/mol. The zero-order valence-electron chi connectivity index (χ0n) is 17.5. The van der Waals surface area contributed by atoms with Gasteiger partial charge in [0.25, 0.3) is 11.6 Å². The molecule has 8 heteroatoms. The second-order valence-corrected chi connectivity index (χ2v) is 8.38.